The fourth-order valence-electron chi connectivity index (χ4n) is 17.3. The molecule has 0 spiro atoms. The molecule has 0 radical (unpaired) electrons. The van der Waals surface area contributed by atoms with Gasteiger partial charge in [-0.05, 0) is 247 Å². The number of benzene rings is 3. The zero-order valence-electron chi connectivity index (χ0n) is 94.5. The Bertz CT molecular complexity index is 4440. The quantitative estimate of drug-likeness (QED) is 0.00908. The number of imide groups is 1. The standard InChI is InChI=1S/C30H51NO9.C30H49NO9.C30H49NO8.C19H31NO5.2Li/c2*1-18(2)21(27(33)20-11-12-25(38-9)26(15-20)39-14-10-13-37-8)16-23(31-29(36)40-30(5,6)7)24(32)17-22(19(3)4)28(34)35;1-18(2)21(27(32)20-11-12-24(36-9)26(15-20)37-14-10-13-35-8)16-23(31-29(34)39-30(5,6)7)25-17-22(19(3)4)28(33)38-25;1-10(2)12-8-14(15-9-13(11(3)4)17(22)24-15)20(16(12)21)18(23)25-19(5,6)7;;/h11-12,15,18-19,21-24,27,32-33H,10,13-14,16-17H2,1-9H3,(H,31,36)(H,34,35);11-12,15,18-19,21-24,32H,10,13-14,16-17H2,1-9H3,(H,31,36)(H,34,35);11-12,15,18-19,21-23,25,27,32H,10,13-14,16-17H2,1-9H3,(H,31,34);10-15H,8-9H2,1-7H3;;/q;;;;2*+1/p-2/t21-,22-,23-,24-,27?;21-,22-,23-,24-;21-,22?,23-,25-,27?;12?,13?,14-,15-;;/m0000../s1. The number of aliphatic carboxylic acids is 2. The fraction of sp³-hybridized carbons (Fsp3) is 0.743. The molecule has 822 valence electrons. The van der Waals surface area contributed by atoms with Crippen LogP contribution in [0.4, 0.5) is 19.2 Å². The molecule has 3 heterocycles. The number of carboxylic acid groups (broad SMARTS) is 2. The van der Waals surface area contributed by atoms with Gasteiger partial charge in [0.25, 0.3) is 0 Å². The van der Waals surface area contributed by atoms with Crippen LogP contribution in [0.2, 0.25) is 0 Å². The number of methoxy groups -OCH3 is 6. The minimum absolute atomic E-state index is 0. The van der Waals surface area contributed by atoms with Gasteiger partial charge in [0, 0.05) is 102 Å². The van der Waals surface area contributed by atoms with Crippen LogP contribution in [-0.2, 0) is 66.6 Å². The van der Waals surface area contributed by atoms with Gasteiger partial charge in [-0.3, -0.25) is 19.2 Å². The molecule has 3 aliphatic rings. The van der Waals surface area contributed by atoms with E-state index >= 15 is 0 Å². The maximum absolute atomic E-state index is 13.8. The van der Waals surface area contributed by atoms with Crippen LogP contribution in [0.1, 0.15) is 298 Å². The molecule has 5 amide bonds. The third kappa shape index (κ3) is 46.2. The number of carbonyl (C=O) groups excluding carboxylic acids is 10. The summed E-state index contributed by atoms with van der Waals surface area (Å²) in [5, 5.41) is 77.2. The van der Waals surface area contributed by atoms with E-state index < -0.39 is 143 Å². The zero-order valence-corrected chi connectivity index (χ0v) is 94.5. The van der Waals surface area contributed by atoms with Crippen molar-refractivity contribution < 1.29 is 187 Å². The molecule has 146 heavy (non-hydrogen) atoms. The van der Waals surface area contributed by atoms with Crippen molar-refractivity contribution in [2.24, 2.45) is 94.7 Å². The van der Waals surface area contributed by atoms with E-state index in [1.165, 1.54) is 19.1 Å². The van der Waals surface area contributed by atoms with E-state index in [-0.39, 0.29) is 158 Å². The molecule has 5 unspecified atom stereocenters. The van der Waals surface area contributed by atoms with Crippen LogP contribution >= 0.6 is 0 Å². The molecule has 35 nitrogen and oxygen atoms in total. The van der Waals surface area contributed by atoms with E-state index in [0.717, 1.165) is 6.42 Å². The molecular formula is C109H178Li2N4O31. The van der Waals surface area contributed by atoms with Crippen LogP contribution in [0.3, 0.4) is 0 Å². The average molecular weight is 2050 g/mol. The van der Waals surface area contributed by atoms with E-state index in [4.69, 9.17) is 71.1 Å². The Morgan fingerprint density at radius 3 is 1.09 bits per heavy atom. The average Bonchev–Trinajstić information content (AvgIpc) is 1.62. The number of nitrogens with zero attached hydrogens (tertiary/aromatic N) is 1. The van der Waals surface area contributed by atoms with Crippen LogP contribution in [-0.4, -0.2) is 239 Å². The topological polar surface area (TPSA) is 476 Å². The van der Waals surface area contributed by atoms with Crippen molar-refractivity contribution in [3.05, 3.63) is 71.3 Å². The van der Waals surface area contributed by atoms with Crippen LogP contribution < -0.4 is 92.3 Å². The second-order valence-electron chi connectivity index (χ2n) is 44.6. The van der Waals surface area contributed by atoms with Crippen molar-refractivity contribution in [3.63, 3.8) is 0 Å². The number of cyclic esters (lactones) is 2. The number of aliphatic hydroxyl groups excluding tert-OH is 4. The molecule has 18 atom stereocenters. The fourth-order valence-corrected chi connectivity index (χ4v) is 17.3. The second-order valence-corrected chi connectivity index (χ2v) is 44.6. The first-order chi connectivity index (χ1) is 66.9. The van der Waals surface area contributed by atoms with Crippen LogP contribution in [0.5, 0.6) is 34.5 Å². The van der Waals surface area contributed by atoms with E-state index in [0.29, 0.717) is 129 Å². The number of hydrogen-bond donors (Lipinski definition) is 7. The van der Waals surface area contributed by atoms with Gasteiger partial charge in [0.15, 0.2) is 40.3 Å². The van der Waals surface area contributed by atoms with Gasteiger partial charge in [0.05, 0.1) is 102 Å². The molecule has 3 aromatic carbocycles. The predicted octanol–water partition coefficient (Wildman–Crippen LogP) is 9.77. The summed E-state index contributed by atoms with van der Waals surface area (Å²) in [5.41, 5.74) is -1.28. The smallest absolute Gasteiger partial charge is 0.550 e. The van der Waals surface area contributed by atoms with E-state index in [1.807, 2.05) is 89.2 Å². The molecule has 3 saturated heterocycles. The maximum Gasteiger partial charge on any atom is 1.00 e. The molecular weight excluding hydrogens is 1880 g/mol. The molecule has 3 aromatic rings. The first kappa shape index (κ1) is 136. The number of carbonyl (C=O) groups is 10. The summed E-state index contributed by atoms with van der Waals surface area (Å²) in [5.74, 6) is -4.64. The molecule has 0 saturated carbocycles. The Kier molecular flexibility index (Phi) is 59.8. The summed E-state index contributed by atoms with van der Waals surface area (Å²) in [6, 6.07) is 12.7. The summed E-state index contributed by atoms with van der Waals surface area (Å²) in [7, 11) is 9.49. The minimum Gasteiger partial charge on any atom is -0.550 e. The molecule has 6 rings (SSSR count). The first-order valence-corrected chi connectivity index (χ1v) is 50.9. The number of Topliss-reactive ketones (excluding diaryl/α,β-unsaturated/α-hetero) is 1. The number of carboxylic acids is 2. The van der Waals surface area contributed by atoms with Crippen LogP contribution in [0, 0.1) is 94.7 Å². The SMILES string of the molecule is CC(C)C1C[C@@H]([C@@H]2CC(C(C)C)C(=O)N2C(=O)OC(C)(C)C)OC1=O.COCCCOc1cc(C(=O)[C@@H](C[C@H](NC(=O)OC(C)(C)C)[C@@H](O)C[C@H](C(=O)[O-])C(C)C)C(C)C)ccc1OC.COCCCOc1cc(C(O)[C@@H](C[C@H](NC(=O)OC(C)(C)C)[C@@H](O)C[C@H](C(=O)[O-])C(C)C)C(C)C)ccc1OC.COCCCOc1cc(C(O)[C@@H](C[C@H](NC(=O)OC(C)(C)C)[C@@H]2CC(C(C)C)C(=O)O2)C(C)C)ccc1OC.[Li+].[Li+]. The van der Waals surface area contributed by atoms with Crippen LogP contribution in [0.15, 0.2) is 54.6 Å². The number of esters is 2. The Morgan fingerprint density at radius 2 is 0.753 bits per heavy atom. The number of aliphatic hydroxyl groups is 4. The number of amides is 5. The molecule has 37 heteroatoms. The van der Waals surface area contributed by atoms with Crippen molar-refractivity contribution in [1.29, 1.82) is 0 Å². The van der Waals surface area contributed by atoms with Crippen molar-refractivity contribution in [2.45, 2.75) is 348 Å². The molecule has 0 aliphatic carbocycles. The summed E-state index contributed by atoms with van der Waals surface area (Å²) >= 11 is 0. The van der Waals surface area contributed by atoms with Gasteiger partial charge >= 0.3 is 74.0 Å². The van der Waals surface area contributed by atoms with Gasteiger partial charge in [-0.15, -0.1) is 0 Å². The summed E-state index contributed by atoms with van der Waals surface area (Å²) in [6.07, 6.45) is -4.07. The van der Waals surface area contributed by atoms with Crippen LogP contribution in [0.25, 0.3) is 0 Å². The number of likely N-dealkylation sites (tertiary alicyclic amines) is 1. The predicted molar refractivity (Wildman–Crippen MR) is 541 cm³/mol. The van der Waals surface area contributed by atoms with Crippen molar-refractivity contribution in [1.82, 2.24) is 20.9 Å². The van der Waals surface area contributed by atoms with E-state index in [9.17, 15) is 78.6 Å². The zero-order chi connectivity index (χ0) is 110. The minimum atomic E-state index is -1.28. The third-order valence-electron chi connectivity index (χ3n) is 25.6. The third-order valence-corrected chi connectivity index (χ3v) is 25.6. The number of rotatable bonds is 51. The van der Waals surface area contributed by atoms with E-state index in [1.54, 1.807) is 188 Å². The Labute approximate surface area is 893 Å². The van der Waals surface area contributed by atoms with Gasteiger partial charge in [-0.1, -0.05) is 123 Å². The molecule has 7 N–H and O–H groups in total. The van der Waals surface area contributed by atoms with Gasteiger partial charge < -0.3 is 127 Å². The Morgan fingerprint density at radius 1 is 0.404 bits per heavy atom. The first-order valence-electron chi connectivity index (χ1n) is 50.9. The number of alkyl carbamates (subject to hydrolysis) is 3. The van der Waals surface area contributed by atoms with Crippen molar-refractivity contribution in [3.8, 4) is 34.5 Å². The summed E-state index contributed by atoms with van der Waals surface area (Å²) in [6.45, 7) is 54.4. The monoisotopic (exact) mass is 2050 g/mol. The number of hydrogen-bond acceptors (Lipinski definition) is 31. The maximum atomic E-state index is 13.8. The number of ketones is 1. The number of nitrogens with one attached hydrogen (secondary N) is 3. The van der Waals surface area contributed by atoms with Crippen molar-refractivity contribution in [2.75, 3.05) is 82.3 Å². The largest absolute Gasteiger partial charge is 1.00 e. The Hall–Kier alpha value is -8.33. The summed E-state index contributed by atoms with van der Waals surface area (Å²) < 4.78 is 82.2. The number of ether oxygens (including phenoxy) is 15. The van der Waals surface area contributed by atoms with Gasteiger partial charge in [0.1, 0.15) is 34.6 Å². The second kappa shape index (κ2) is 64.4. The Balaban J connectivity index is 0.000000981. The molecule has 0 bridgehead atoms. The van der Waals surface area contributed by atoms with Gasteiger partial charge in [-0.2, -0.15) is 0 Å². The summed E-state index contributed by atoms with van der Waals surface area (Å²) in [4.78, 5) is 127. The van der Waals surface area contributed by atoms with E-state index in [2.05, 4.69) is 16.0 Å². The van der Waals surface area contributed by atoms with Gasteiger partial charge in [0.2, 0.25) is 5.91 Å². The van der Waals surface area contributed by atoms with Gasteiger partial charge in [-0.25, -0.2) is 24.1 Å². The molecule has 0 aromatic heterocycles. The van der Waals surface area contributed by atoms with Crippen molar-refractivity contribution >= 4 is 59.9 Å². The normalized spacial score (nSPS) is 18.9. The molecule has 3 aliphatic heterocycles. The molecule has 3 fully saturated rings.